The van der Waals surface area contributed by atoms with E-state index in [1.807, 2.05) is 0 Å². The fourth-order valence-corrected chi connectivity index (χ4v) is 2.14. The molecule has 0 spiro atoms. The van der Waals surface area contributed by atoms with Crippen molar-refractivity contribution in [3.63, 3.8) is 0 Å². The van der Waals surface area contributed by atoms with Gasteiger partial charge in [0.25, 0.3) is 0 Å². The van der Waals surface area contributed by atoms with Crippen molar-refractivity contribution in [1.82, 2.24) is 10.6 Å². The van der Waals surface area contributed by atoms with Crippen LogP contribution in [-0.2, 0) is 15.2 Å². The minimum Gasteiger partial charge on any atom is -0.466 e. The van der Waals surface area contributed by atoms with Crippen molar-refractivity contribution in [2.45, 2.75) is 38.3 Å². The van der Waals surface area contributed by atoms with E-state index in [0.717, 1.165) is 12.8 Å². The van der Waals surface area contributed by atoms with Crippen molar-refractivity contribution in [2.24, 2.45) is 5.92 Å². The molecule has 1 aromatic heterocycles. The van der Waals surface area contributed by atoms with Crippen molar-refractivity contribution in [3.8, 4) is 0 Å². The fraction of sp³-hybridized carbons (Fsp3) is 0.571. The van der Waals surface area contributed by atoms with Crippen LogP contribution in [-0.4, -0.2) is 29.5 Å². The molecule has 1 atom stereocenters. The first-order chi connectivity index (χ1) is 9.43. The molecular formula is C14H20N2O4. The average molecular weight is 280 g/mol. The van der Waals surface area contributed by atoms with Crippen LogP contribution >= 0.6 is 0 Å². The van der Waals surface area contributed by atoms with Gasteiger partial charge in [-0.15, -0.1) is 0 Å². The van der Waals surface area contributed by atoms with Crippen LogP contribution in [0.15, 0.2) is 22.8 Å². The van der Waals surface area contributed by atoms with Gasteiger partial charge in [0.05, 0.1) is 12.8 Å². The monoisotopic (exact) mass is 280 g/mol. The number of aliphatic hydroxyl groups is 1. The number of carbonyl (C=O) groups excluding carboxylic acids is 2. The Bertz CT molecular complexity index is 479. The minimum absolute atomic E-state index is 0.0322. The third-order valence-corrected chi connectivity index (χ3v) is 3.35. The van der Waals surface area contributed by atoms with Crippen molar-refractivity contribution in [2.75, 3.05) is 6.54 Å². The second kappa shape index (κ2) is 5.66. The molecule has 2 rings (SSSR count). The summed E-state index contributed by atoms with van der Waals surface area (Å²) in [6.45, 7) is 3.51. The molecule has 0 aromatic carbocycles. The minimum atomic E-state index is -1.24. The van der Waals surface area contributed by atoms with Crippen LogP contribution in [0.1, 0.15) is 32.4 Å². The van der Waals surface area contributed by atoms with E-state index in [9.17, 15) is 14.7 Å². The van der Waals surface area contributed by atoms with Gasteiger partial charge in [0.1, 0.15) is 11.4 Å². The number of carbonyl (C=O) groups is 2. The van der Waals surface area contributed by atoms with E-state index < -0.39 is 17.4 Å². The van der Waals surface area contributed by atoms with E-state index in [2.05, 4.69) is 10.6 Å². The molecule has 2 amide bonds. The molecule has 0 radical (unpaired) electrons. The van der Waals surface area contributed by atoms with E-state index in [0.29, 0.717) is 5.76 Å². The summed E-state index contributed by atoms with van der Waals surface area (Å²) in [5, 5.41) is 15.7. The molecule has 20 heavy (non-hydrogen) atoms. The fourth-order valence-electron chi connectivity index (χ4n) is 2.14. The lowest BCUT2D eigenvalue weighted by atomic mass is 9.94. The summed E-state index contributed by atoms with van der Waals surface area (Å²) >= 11 is 0. The molecule has 1 saturated carbocycles. The summed E-state index contributed by atoms with van der Waals surface area (Å²) in [7, 11) is 0. The second-order valence-corrected chi connectivity index (χ2v) is 5.49. The van der Waals surface area contributed by atoms with E-state index in [-0.39, 0.29) is 18.5 Å². The molecule has 1 aromatic rings. The molecule has 0 bridgehead atoms. The van der Waals surface area contributed by atoms with E-state index in [4.69, 9.17) is 4.42 Å². The normalized spacial score (nSPS) is 17.6. The summed E-state index contributed by atoms with van der Waals surface area (Å²) in [6, 6.07) is 3.26. The first-order valence-electron chi connectivity index (χ1n) is 6.78. The first-order valence-corrected chi connectivity index (χ1v) is 6.78. The number of amides is 2. The zero-order valence-corrected chi connectivity index (χ0v) is 11.7. The maximum absolute atomic E-state index is 11.7. The number of furan rings is 1. The Labute approximate surface area is 117 Å². The molecule has 0 saturated heterocycles. The third kappa shape index (κ3) is 3.19. The Balaban J connectivity index is 1.97. The largest absolute Gasteiger partial charge is 0.466 e. The number of hydrogen-bond acceptors (Lipinski definition) is 4. The van der Waals surface area contributed by atoms with Gasteiger partial charge in [-0.2, -0.15) is 0 Å². The van der Waals surface area contributed by atoms with Gasteiger partial charge >= 0.3 is 11.8 Å². The third-order valence-electron chi connectivity index (χ3n) is 3.35. The SMILES string of the molecule is CC(C)NC(=O)C(=O)NCC(O)(c1ccco1)C1CC1. The average Bonchev–Trinajstić information content (AvgIpc) is 3.10. The molecule has 1 fully saturated rings. The van der Waals surface area contributed by atoms with E-state index in [1.165, 1.54) is 6.26 Å². The molecule has 1 heterocycles. The molecule has 1 aliphatic carbocycles. The highest BCUT2D eigenvalue weighted by molar-refractivity contribution is 6.35. The van der Waals surface area contributed by atoms with Crippen LogP contribution in [0.25, 0.3) is 0 Å². The molecule has 6 nitrogen and oxygen atoms in total. The summed E-state index contributed by atoms with van der Waals surface area (Å²) in [5.74, 6) is -0.964. The Morgan fingerprint density at radius 1 is 1.45 bits per heavy atom. The Morgan fingerprint density at radius 2 is 2.15 bits per heavy atom. The van der Waals surface area contributed by atoms with Crippen LogP contribution < -0.4 is 10.6 Å². The molecule has 110 valence electrons. The molecule has 3 N–H and O–H groups in total. The number of nitrogens with one attached hydrogen (secondary N) is 2. The topological polar surface area (TPSA) is 91.6 Å². The van der Waals surface area contributed by atoms with Gasteiger partial charge < -0.3 is 20.2 Å². The zero-order valence-electron chi connectivity index (χ0n) is 11.7. The Kier molecular flexibility index (Phi) is 4.13. The highest BCUT2D eigenvalue weighted by Gasteiger charge is 2.47. The Hall–Kier alpha value is -1.82. The smallest absolute Gasteiger partial charge is 0.309 e. The van der Waals surface area contributed by atoms with E-state index in [1.54, 1.807) is 26.0 Å². The van der Waals surface area contributed by atoms with Crippen molar-refractivity contribution in [3.05, 3.63) is 24.2 Å². The highest BCUT2D eigenvalue weighted by atomic mass is 16.4. The number of hydrogen-bond donors (Lipinski definition) is 3. The van der Waals surface area contributed by atoms with Crippen molar-refractivity contribution < 1.29 is 19.1 Å². The van der Waals surface area contributed by atoms with Gasteiger partial charge in [-0.25, -0.2) is 0 Å². The Morgan fingerprint density at radius 3 is 2.65 bits per heavy atom. The molecule has 1 aliphatic rings. The second-order valence-electron chi connectivity index (χ2n) is 5.49. The highest BCUT2D eigenvalue weighted by Crippen LogP contribution is 2.45. The predicted molar refractivity (Wildman–Crippen MR) is 71.6 cm³/mol. The van der Waals surface area contributed by atoms with Gasteiger partial charge in [0.15, 0.2) is 0 Å². The van der Waals surface area contributed by atoms with Gasteiger partial charge in [-0.1, -0.05) is 0 Å². The van der Waals surface area contributed by atoms with Crippen LogP contribution in [0.4, 0.5) is 0 Å². The van der Waals surface area contributed by atoms with Crippen LogP contribution in [0, 0.1) is 5.92 Å². The molecule has 6 heteroatoms. The predicted octanol–water partition coefficient (Wildman–Crippen LogP) is 0.518. The van der Waals surface area contributed by atoms with Gasteiger partial charge in [0.2, 0.25) is 0 Å². The van der Waals surface area contributed by atoms with Crippen LogP contribution in [0.5, 0.6) is 0 Å². The molecule has 0 aliphatic heterocycles. The van der Waals surface area contributed by atoms with Crippen molar-refractivity contribution in [1.29, 1.82) is 0 Å². The lowest BCUT2D eigenvalue weighted by molar-refractivity contribution is -0.140. The lowest BCUT2D eigenvalue weighted by Crippen LogP contribution is -2.48. The molecular weight excluding hydrogens is 260 g/mol. The summed E-state index contributed by atoms with van der Waals surface area (Å²) in [4.78, 5) is 23.2. The molecule has 1 unspecified atom stereocenters. The van der Waals surface area contributed by atoms with Crippen LogP contribution in [0.2, 0.25) is 0 Å². The van der Waals surface area contributed by atoms with Crippen LogP contribution in [0.3, 0.4) is 0 Å². The lowest BCUT2D eigenvalue weighted by Gasteiger charge is -2.26. The maximum Gasteiger partial charge on any atom is 0.309 e. The van der Waals surface area contributed by atoms with E-state index >= 15 is 0 Å². The summed E-state index contributed by atoms with van der Waals surface area (Å²) in [6.07, 6.45) is 3.24. The van der Waals surface area contributed by atoms with Gasteiger partial charge in [0, 0.05) is 6.04 Å². The van der Waals surface area contributed by atoms with Gasteiger partial charge in [-0.05, 0) is 44.7 Å². The van der Waals surface area contributed by atoms with Crippen molar-refractivity contribution >= 4 is 11.8 Å². The quantitative estimate of drug-likeness (QED) is 0.686. The summed E-state index contributed by atoms with van der Waals surface area (Å²) in [5.41, 5.74) is -1.24. The first kappa shape index (κ1) is 14.6. The maximum atomic E-state index is 11.7. The van der Waals surface area contributed by atoms with Gasteiger partial charge in [-0.3, -0.25) is 9.59 Å². The standard InChI is InChI=1S/C14H20N2O4/c1-9(2)16-13(18)12(17)15-8-14(19,10-5-6-10)11-4-3-7-20-11/h3-4,7,9-10,19H,5-6,8H2,1-2H3,(H,15,17)(H,16,18). The number of rotatable bonds is 5. The summed E-state index contributed by atoms with van der Waals surface area (Å²) < 4.78 is 5.26. The zero-order chi connectivity index (χ0) is 14.8.